The highest BCUT2D eigenvalue weighted by Gasteiger charge is 2.50. The molecular weight excluding hydrogens is 258 g/mol. The highest BCUT2D eigenvalue weighted by molar-refractivity contribution is 6.80. The van der Waals surface area contributed by atoms with E-state index in [-0.39, 0.29) is 5.04 Å². The number of hydrogen-bond donors (Lipinski definition) is 0. The van der Waals surface area contributed by atoms with Crippen molar-refractivity contribution >= 4 is 8.07 Å². The van der Waals surface area contributed by atoms with Crippen LogP contribution < -0.4 is 0 Å². The molecule has 2 rings (SSSR count). The lowest BCUT2D eigenvalue weighted by Crippen LogP contribution is -2.42. The van der Waals surface area contributed by atoms with Crippen LogP contribution in [-0.2, 0) is 6.42 Å². The number of nitrogens with zero attached hydrogens (tertiary/aromatic N) is 1. The minimum Gasteiger partial charge on any atom is -0.261 e. The fourth-order valence-corrected chi connectivity index (χ4v) is 7.25. The van der Waals surface area contributed by atoms with Gasteiger partial charge in [-0.25, -0.2) is 0 Å². The van der Waals surface area contributed by atoms with Crippen LogP contribution in [-0.4, -0.2) is 13.1 Å². The number of pyridine rings is 1. The maximum Gasteiger partial charge on any atom is 0.0609 e. The quantitative estimate of drug-likeness (QED) is 0.679. The van der Waals surface area contributed by atoms with E-state index in [2.05, 4.69) is 64.5 Å². The van der Waals surface area contributed by atoms with Crippen LogP contribution >= 0.6 is 0 Å². The van der Waals surface area contributed by atoms with Crippen LogP contribution in [0.15, 0.2) is 46.7 Å². The van der Waals surface area contributed by atoms with Crippen molar-refractivity contribution in [1.29, 1.82) is 0 Å². The summed E-state index contributed by atoms with van der Waals surface area (Å²) in [5.41, 5.74) is 7.38. The normalized spacial score (nSPS) is 18.9. The molecule has 0 unspecified atom stereocenters. The molecule has 1 nitrogen and oxygen atoms in total. The lowest BCUT2D eigenvalue weighted by molar-refractivity contribution is 0.694. The summed E-state index contributed by atoms with van der Waals surface area (Å²) >= 11 is 0. The molecule has 0 atom stereocenters. The molecule has 0 saturated heterocycles. The standard InChI is InChI=1S/C18H27NSi/c1-13-14(2)16(4)18(15(13)3,20(5,6)7)12-17-10-8-9-11-19-17/h8-11H,12H2,1-7H3. The zero-order chi connectivity index (χ0) is 15.1. The topological polar surface area (TPSA) is 12.9 Å². The summed E-state index contributed by atoms with van der Waals surface area (Å²) < 4.78 is 0. The van der Waals surface area contributed by atoms with E-state index in [9.17, 15) is 0 Å². The Balaban J connectivity index is 2.61. The Kier molecular flexibility index (Phi) is 3.81. The Labute approximate surface area is 124 Å². The monoisotopic (exact) mass is 285 g/mol. The minimum absolute atomic E-state index is 0.232. The second-order valence-electron chi connectivity index (χ2n) is 7.15. The van der Waals surface area contributed by atoms with Crippen LogP contribution in [0.1, 0.15) is 33.4 Å². The Morgan fingerprint density at radius 2 is 1.50 bits per heavy atom. The molecule has 20 heavy (non-hydrogen) atoms. The van der Waals surface area contributed by atoms with Crippen molar-refractivity contribution < 1.29 is 0 Å². The molecule has 108 valence electrons. The lowest BCUT2D eigenvalue weighted by Gasteiger charge is -2.44. The summed E-state index contributed by atoms with van der Waals surface area (Å²) in [5.74, 6) is 0. The molecule has 0 amide bonds. The highest BCUT2D eigenvalue weighted by atomic mass is 28.3. The summed E-state index contributed by atoms with van der Waals surface area (Å²) in [4.78, 5) is 4.60. The van der Waals surface area contributed by atoms with Crippen molar-refractivity contribution in [3.05, 3.63) is 52.4 Å². The fraction of sp³-hybridized carbons (Fsp3) is 0.500. The molecule has 0 fully saturated rings. The van der Waals surface area contributed by atoms with E-state index in [0.717, 1.165) is 6.42 Å². The Bertz CT molecular complexity index is 549. The molecular formula is C18H27NSi. The van der Waals surface area contributed by atoms with E-state index in [1.807, 2.05) is 12.3 Å². The van der Waals surface area contributed by atoms with Gasteiger partial charge in [0.2, 0.25) is 0 Å². The van der Waals surface area contributed by atoms with Crippen molar-refractivity contribution in [2.24, 2.45) is 0 Å². The average Bonchev–Trinajstić information content (AvgIpc) is 2.55. The summed E-state index contributed by atoms with van der Waals surface area (Å²) in [5, 5.41) is 0.232. The maximum atomic E-state index is 4.60. The Hall–Kier alpha value is -1.15. The first kappa shape index (κ1) is 15.2. The molecule has 0 aliphatic heterocycles. The average molecular weight is 286 g/mol. The molecule has 0 radical (unpaired) electrons. The molecule has 1 heterocycles. The smallest absolute Gasteiger partial charge is 0.0609 e. The number of allylic oxidation sites excluding steroid dienone is 4. The van der Waals surface area contributed by atoms with Gasteiger partial charge < -0.3 is 0 Å². The first-order valence-electron chi connectivity index (χ1n) is 7.48. The molecule has 0 bridgehead atoms. The summed E-state index contributed by atoms with van der Waals surface area (Å²) in [6.45, 7) is 16.7. The van der Waals surface area contributed by atoms with Gasteiger partial charge in [0.1, 0.15) is 0 Å². The van der Waals surface area contributed by atoms with Gasteiger partial charge in [-0.15, -0.1) is 0 Å². The maximum absolute atomic E-state index is 4.60. The lowest BCUT2D eigenvalue weighted by atomic mass is 9.90. The van der Waals surface area contributed by atoms with Crippen molar-refractivity contribution in [2.45, 2.75) is 58.8 Å². The summed E-state index contributed by atoms with van der Waals surface area (Å²) in [6.07, 6.45) is 2.97. The Morgan fingerprint density at radius 3 is 1.90 bits per heavy atom. The summed E-state index contributed by atoms with van der Waals surface area (Å²) in [7, 11) is -1.42. The molecule has 0 N–H and O–H groups in total. The number of aromatic nitrogens is 1. The van der Waals surface area contributed by atoms with Crippen molar-refractivity contribution in [1.82, 2.24) is 4.98 Å². The molecule has 1 aliphatic rings. The number of hydrogen-bond acceptors (Lipinski definition) is 1. The number of rotatable bonds is 3. The van der Waals surface area contributed by atoms with Gasteiger partial charge in [-0.1, -0.05) is 36.9 Å². The third-order valence-electron chi connectivity index (χ3n) is 5.42. The van der Waals surface area contributed by atoms with Crippen LogP contribution in [0.3, 0.4) is 0 Å². The van der Waals surface area contributed by atoms with Crippen LogP contribution in [0.5, 0.6) is 0 Å². The second-order valence-corrected chi connectivity index (χ2v) is 12.5. The third-order valence-corrected chi connectivity index (χ3v) is 8.91. The van der Waals surface area contributed by atoms with Gasteiger partial charge >= 0.3 is 0 Å². The molecule has 0 saturated carbocycles. The molecule has 0 aromatic carbocycles. The molecule has 1 aliphatic carbocycles. The minimum atomic E-state index is -1.42. The zero-order valence-corrected chi connectivity index (χ0v) is 15.0. The molecule has 1 aromatic heterocycles. The second kappa shape index (κ2) is 4.99. The molecule has 0 spiro atoms. The highest BCUT2D eigenvalue weighted by Crippen LogP contribution is 2.59. The van der Waals surface area contributed by atoms with Gasteiger partial charge in [-0.05, 0) is 51.0 Å². The van der Waals surface area contributed by atoms with Crippen LogP contribution in [0.4, 0.5) is 0 Å². The molecule has 2 heteroatoms. The fourth-order valence-electron chi connectivity index (χ4n) is 3.91. The van der Waals surface area contributed by atoms with Gasteiger partial charge in [-0.3, -0.25) is 4.98 Å². The van der Waals surface area contributed by atoms with E-state index < -0.39 is 8.07 Å². The zero-order valence-electron chi connectivity index (χ0n) is 14.0. The summed E-state index contributed by atoms with van der Waals surface area (Å²) in [6, 6.07) is 6.28. The Morgan fingerprint density at radius 1 is 0.950 bits per heavy atom. The molecule has 1 aromatic rings. The van der Waals surface area contributed by atoms with E-state index in [4.69, 9.17) is 0 Å². The van der Waals surface area contributed by atoms with E-state index in [1.54, 1.807) is 11.1 Å². The predicted molar refractivity (Wildman–Crippen MR) is 90.7 cm³/mol. The third kappa shape index (κ3) is 2.10. The van der Waals surface area contributed by atoms with E-state index >= 15 is 0 Å². The van der Waals surface area contributed by atoms with Crippen LogP contribution in [0.2, 0.25) is 24.7 Å². The van der Waals surface area contributed by atoms with Crippen molar-refractivity contribution in [3.8, 4) is 0 Å². The van der Waals surface area contributed by atoms with Crippen LogP contribution in [0, 0.1) is 0 Å². The van der Waals surface area contributed by atoms with Gasteiger partial charge in [0.15, 0.2) is 0 Å². The SMILES string of the molecule is CC1=C(C)C(Cc2ccccn2)([Si](C)(C)C)C(C)=C1C. The van der Waals surface area contributed by atoms with Gasteiger partial charge in [0, 0.05) is 23.3 Å². The van der Waals surface area contributed by atoms with Crippen LogP contribution in [0.25, 0.3) is 0 Å². The van der Waals surface area contributed by atoms with Gasteiger partial charge in [-0.2, -0.15) is 0 Å². The van der Waals surface area contributed by atoms with Gasteiger partial charge in [0.05, 0.1) is 8.07 Å². The van der Waals surface area contributed by atoms with E-state index in [1.165, 1.54) is 16.8 Å². The van der Waals surface area contributed by atoms with E-state index in [0.29, 0.717) is 0 Å². The first-order valence-corrected chi connectivity index (χ1v) is 11.0. The first-order chi connectivity index (χ1) is 9.22. The predicted octanol–water partition coefficient (Wildman–Crippen LogP) is 5.39. The van der Waals surface area contributed by atoms with Gasteiger partial charge in [0.25, 0.3) is 0 Å². The van der Waals surface area contributed by atoms with Crippen molar-refractivity contribution in [2.75, 3.05) is 0 Å². The van der Waals surface area contributed by atoms with Crippen molar-refractivity contribution in [3.63, 3.8) is 0 Å². The largest absolute Gasteiger partial charge is 0.261 e.